The smallest absolute Gasteiger partial charge is 0.203 e. The van der Waals surface area contributed by atoms with Crippen molar-refractivity contribution in [3.63, 3.8) is 0 Å². The Balaban J connectivity index is 2.22. The maximum absolute atomic E-state index is 12.9. The van der Waals surface area contributed by atoms with E-state index in [0.29, 0.717) is 12.1 Å². The first-order chi connectivity index (χ1) is 11.5. The summed E-state index contributed by atoms with van der Waals surface area (Å²) in [7, 11) is 1.86. The topological polar surface area (TPSA) is 64.3 Å². The number of Topliss-reactive ketones (excluding diaryl/α,β-unsaturated/α-hetero) is 1. The lowest BCUT2D eigenvalue weighted by atomic mass is 10.0. The summed E-state index contributed by atoms with van der Waals surface area (Å²) in [5, 5.41) is 18.2. The van der Waals surface area contributed by atoms with Gasteiger partial charge >= 0.3 is 0 Å². The van der Waals surface area contributed by atoms with E-state index in [4.69, 9.17) is 5.11 Å². The Morgan fingerprint density at radius 3 is 2.38 bits per heavy atom. The molecule has 0 aliphatic carbocycles. The van der Waals surface area contributed by atoms with E-state index >= 15 is 0 Å². The highest BCUT2D eigenvalue weighted by Gasteiger charge is 2.12. The monoisotopic (exact) mass is 324 g/mol. The molecular formula is C19H17FN2O2. The first-order valence-electron chi connectivity index (χ1n) is 7.39. The summed E-state index contributed by atoms with van der Waals surface area (Å²) in [5.74, 6) is -0.879. The number of ketones is 1. The largest absolute Gasteiger partial charge is 0.395 e. The van der Waals surface area contributed by atoms with Gasteiger partial charge in [0.1, 0.15) is 17.5 Å². The predicted molar refractivity (Wildman–Crippen MR) is 91.1 cm³/mol. The molecule has 0 aliphatic heterocycles. The number of hydrogen-bond acceptors (Lipinski definition) is 4. The van der Waals surface area contributed by atoms with Crippen molar-refractivity contribution in [1.29, 1.82) is 5.26 Å². The summed E-state index contributed by atoms with van der Waals surface area (Å²) < 4.78 is 12.9. The third-order valence-corrected chi connectivity index (χ3v) is 3.55. The zero-order chi connectivity index (χ0) is 17.5. The van der Waals surface area contributed by atoms with Crippen molar-refractivity contribution in [2.24, 2.45) is 0 Å². The molecule has 2 aromatic carbocycles. The van der Waals surface area contributed by atoms with E-state index in [1.165, 1.54) is 30.3 Å². The molecular weight excluding hydrogens is 307 g/mol. The van der Waals surface area contributed by atoms with Crippen LogP contribution in [0.4, 0.5) is 10.1 Å². The van der Waals surface area contributed by atoms with E-state index in [1.54, 1.807) is 12.1 Å². The Bertz CT molecular complexity index is 775. The molecule has 0 heterocycles. The highest BCUT2D eigenvalue weighted by molar-refractivity contribution is 6.14. The van der Waals surface area contributed by atoms with Crippen molar-refractivity contribution in [3.8, 4) is 6.07 Å². The van der Waals surface area contributed by atoms with Crippen LogP contribution >= 0.6 is 0 Å². The zero-order valence-corrected chi connectivity index (χ0v) is 13.2. The van der Waals surface area contributed by atoms with Gasteiger partial charge in [-0.15, -0.1) is 0 Å². The van der Waals surface area contributed by atoms with Crippen LogP contribution in [-0.4, -0.2) is 31.1 Å². The minimum Gasteiger partial charge on any atom is -0.395 e. The van der Waals surface area contributed by atoms with Gasteiger partial charge in [-0.2, -0.15) is 5.26 Å². The molecule has 0 bridgehead atoms. The van der Waals surface area contributed by atoms with Gasteiger partial charge in [-0.25, -0.2) is 4.39 Å². The molecule has 5 heteroatoms. The van der Waals surface area contributed by atoms with Gasteiger partial charge in [0.2, 0.25) is 5.78 Å². The van der Waals surface area contributed by atoms with E-state index in [0.717, 1.165) is 5.69 Å². The molecule has 122 valence electrons. The Labute approximate surface area is 140 Å². The molecule has 0 unspecified atom stereocenters. The number of allylic oxidation sites excluding steroid dienone is 1. The molecule has 1 N–H and O–H groups in total. The molecule has 4 nitrogen and oxygen atoms in total. The van der Waals surface area contributed by atoms with Crippen LogP contribution in [0.2, 0.25) is 0 Å². The number of carbonyl (C=O) groups excluding carboxylic acids is 1. The maximum Gasteiger partial charge on any atom is 0.203 e. The molecule has 0 amide bonds. The second-order valence-corrected chi connectivity index (χ2v) is 5.24. The Kier molecular flexibility index (Phi) is 5.83. The summed E-state index contributed by atoms with van der Waals surface area (Å²) in [6.07, 6.45) is 1.50. The van der Waals surface area contributed by atoms with Crippen LogP contribution < -0.4 is 4.90 Å². The molecule has 24 heavy (non-hydrogen) atoms. The molecule has 0 radical (unpaired) electrons. The number of nitrogens with zero attached hydrogens (tertiary/aromatic N) is 2. The van der Waals surface area contributed by atoms with Crippen LogP contribution in [0.1, 0.15) is 15.9 Å². The van der Waals surface area contributed by atoms with Gasteiger partial charge in [-0.05, 0) is 48.0 Å². The first kappa shape index (κ1) is 17.4. The van der Waals surface area contributed by atoms with Crippen molar-refractivity contribution >= 4 is 17.5 Å². The number of carbonyl (C=O) groups is 1. The maximum atomic E-state index is 12.9. The van der Waals surface area contributed by atoms with Gasteiger partial charge in [0.25, 0.3) is 0 Å². The lowest BCUT2D eigenvalue weighted by molar-refractivity contribution is 0.104. The Morgan fingerprint density at radius 2 is 1.83 bits per heavy atom. The lowest BCUT2D eigenvalue weighted by Gasteiger charge is -2.17. The van der Waals surface area contributed by atoms with E-state index in [2.05, 4.69) is 0 Å². The van der Waals surface area contributed by atoms with E-state index in [9.17, 15) is 14.4 Å². The number of halogens is 1. The fourth-order valence-corrected chi connectivity index (χ4v) is 2.18. The number of hydrogen-bond donors (Lipinski definition) is 1. The molecule has 0 fully saturated rings. The van der Waals surface area contributed by atoms with Gasteiger partial charge in [0, 0.05) is 24.8 Å². The molecule has 0 saturated heterocycles. The quantitative estimate of drug-likeness (QED) is 0.504. The minimum absolute atomic E-state index is 0.0157. The van der Waals surface area contributed by atoms with Crippen LogP contribution in [-0.2, 0) is 0 Å². The van der Waals surface area contributed by atoms with Crippen LogP contribution in [0.25, 0.3) is 6.08 Å². The molecule has 0 aliphatic rings. The van der Waals surface area contributed by atoms with Gasteiger partial charge < -0.3 is 10.0 Å². The third-order valence-electron chi connectivity index (χ3n) is 3.55. The number of anilines is 1. The summed E-state index contributed by atoms with van der Waals surface area (Å²) in [6.45, 7) is 0.574. The summed E-state index contributed by atoms with van der Waals surface area (Å²) >= 11 is 0. The van der Waals surface area contributed by atoms with Crippen molar-refractivity contribution in [3.05, 3.63) is 71.0 Å². The first-order valence-corrected chi connectivity index (χ1v) is 7.39. The van der Waals surface area contributed by atoms with Crippen molar-refractivity contribution in [2.75, 3.05) is 25.1 Å². The highest BCUT2D eigenvalue weighted by Crippen LogP contribution is 2.17. The number of aliphatic hydroxyl groups is 1. The Morgan fingerprint density at radius 1 is 1.21 bits per heavy atom. The second-order valence-electron chi connectivity index (χ2n) is 5.24. The van der Waals surface area contributed by atoms with Gasteiger partial charge in [-0.1, -0.05) is 12.1 Å². The average Bonchev–Trinajstić information content (AvgIpc) is 2.60. The number of benzene rings is 2. The molecule has 2 rings (SSSR count). The summed E-state index contributed by atoms with van der Waals surface area (Å²) in [5.41, 5.74) is 1.88. The summed E-state index contributed by atoms with van der Waals surface area (Å²) in [6, 6.07) is 14.3. The second kappa shape index (κ2) is 8.04. The van der Waals surface area contributed by atoms with Crippen molar-refractivity contribution < 1.29 is 14.3 Å². The van der Waals surface area contributed by atoms with Crippen molar-refractivity contribution in [1.82, 2.24) is 0 Å². The van der Waals surface area contributed by atoms with E-state index < -0.39 is 11.6 Å². The normalized spacial score (nSPS) is 11.0. The SMILES string of the molecule is CN(CCO)c1ccc(/C=C(\C#N)C(=O)c2ccc(F)cc2)cc1. The van der Waals surface area contributed by atoms with Gasteiger partial charge in [0.05, 0.1) is 6.61 Å². The zero-order valence-electron chi connectivity index (χ0n) is 13.2. The highest BCUT2D eigenvalue weighted by atomic mass is 19.1. The van der Waals surface area contributed by atoms with Gasteiger partial charge in [0.15, 0.2) is 0 Å². The van der Waals surface area contributed by atoms with Crippen LogP contribution in [0.5, 0.6) is 0 Å². The standard InChI is InChI=1S/C19H17FN2O2/c1-22(10-11-23)18-8-2-14(3-9-18)12-16(13-21)19(24)15-4-6-17(20)7-5-15/h2-9,12,23H,10-11H2,1H3/b16-12+. The lowest BCUT2D eigenvalue weighted by Crippen LogP contribution is -2.20. The fourth-order valence-electron chi connectivity index (χ4n) is 2.18. The number of likely N-dealkylation sites (N-methyl/N-ethyl adjacent to an activating group) is 1. The average molecular weight is 324 g/mol. The minimum atomic E-state index is -0.445. The van der Waals surface area contributed by atoms with Crippen LogP contribution in [0.15, 0.2) is 54.1 Å². The fraction of sp³-hybridized carbons (Fsp3) is 0.158. The van der Waals surface area contributed by atoms with Crippen LogP contribution in [0.3, 0.4) is 0 Å². The van der Waals surface area contributed by atoms with Crippen LogP contribution in [0, 0.1) is 17.1 Å². The van der Waals surface area contributed by atoms with Crippen molar-refractivity contribution in [2.45, 2.75) is 0 Å². The summed E-state index contributed by atoms with van der Waals surface area (Å²) in [4.78, 5) is 14.2. The van der Waals surface area contributed by atoms with E-state index in [1.807, 2.05) is 30.1 Å². The molecule has 0 atom stereocenters. The molecule has 0 saturated carbocycles. The number of nitriles is 1. The Hall–Kier alpha value is -2.97. The molecule has 2 aromatic rings. The van der Waals surface area contributed by atoms with E-state index in [-0.39, 0.29) is 17.7 Å². The predicted octanol–water partition coefficient (Wildman–Crippen LogP) is 3.04. The number of aliphatic hydroxyl groups excluding tert-OH is 1. The number of rotatable bonds is 6. The van der Waals surface area contributed by atoms with Gasteiger partial charge in [-0.3, -0.25) is 4.79 Å². The molecule has 0 aromatic heterocycles. The molecule has 0 spiro atoms. The third kappa shape index (κ3) is 4.28.